The van der Waals surface area contributed by atoms with E-state index in [-0.39, 0.29) is 0 Å². The second-order valence-corrected chi connectivity index (χ2v) is 5.22. The number of thiocarbonyl (C=S) groups is 1. The minimum atomic E-state index is 0.523. The molecule has 0 amide bonds. The maximum atomic E-state index is 5.78. The van der Waals surface area contributed by atoms with Gasteiger partial charge in [-0.15, -0.1) is 10.5 Å². The van der Waals surface area contributed by atoms with E-state index in [0.29, 0.717) is 5.11 Å². The van der Waals surface area contributed by atoms with Gasteiger partial charge in [-0.2, -0.15) is 0 Å². The first-order chi connectivity index (χ1) is 10.7. The number of unbranched alkanes of at least 4 members (excludes halogenated alkanes) is 3. The SMILES string of the molecule is CCCCCCOc1ccc(C=[NH+]NC(=S)NC)cc1OC. The van der Waals surface area contributed by atoms with Crippen molar-refractivity contribution in [2.45, 2.75) is 32.6 Å². The third kappa shape index (κ3) is 6.76. The van der Waals surface area contributed by atoms with Crippen LogP contribution in [0.4, 0.5) is 0 Å². The maximum Gasteiger partial charge on any atom is 0.223 e. The number of hydrazine groups is 1. The Balaban J connectivity index is 2.56. The van der Waals surface area contributed by atoms with Gasteiger partial charge in [0.2, 0.25) is 5.11 Å². The smallest absolute Gasteiger partial charge is 0.223 e. The summed E-state index contributed by atoms with van der Waals surface area (Å²) in [5.41, 5.74) is 3.79. The number of rotatable bonds is 9. The predicted molar refractivity (Wildman–Crippen MR) is 93.6 cm³/mol. The minimum Gasteiger partial charge on any atom is -0.493 e. The summed E-state index contributed by atoms with van der Waals surface area (Å²) >= 11 is 4.97. The van der Waals surface area contributed by atoms with Gasteiger partial charge in [-0.1, -0.05) is 26.2 Å². The van der Waals surface area contributed by atoms with Crippen molar-refractivity contribution in [3.05, 3.63) is 23.8 Å². The molecule has 0 heterocycles. The lowest BCUT2D eigenvalue weighted by molar-refractivity contribution is -0.500. The normalized spacial score (nSPS) is 10.5. The van der Waals surface area contributed by atoms with Gasteiger partial charge in [-0.3, -0.25) is 0 Å². The molecule has 122 valence electrons. The summed E-state index contributed by atoms with van der Waals surface area (Å²) in [6.45, 7) is 2.92. The van der Waals surface area contributed by atoms with Crippen LogP contribution < -0.4 is 25.3 Å². The van der Waals surface area contributed by atoms with Crippen LogP contribution in [0.5, 0.6) is 11.5 Å². The summed E-state index contributed by atoms with van der Waals surface area (Å²) in [4.78, 5) is 0. The average molecular weight is 324 g/mol. The zero-order valence-electron chi connectivity index (χ0n) is 13.6. The van der Waals surface area contributed by atoms with Crippen LogP contribution in [0.1, 0.15) is 38.2 Å². The quantitative estimate of drug-likeness (QED) is 0.275. The van der Waals surface area contributed by atoms with E-state index in [1.807, 2.05) is 18.2 Å². The van der Waals surface area contributed by atoms with Crippen molar-refractivity contribution >= 4 is 23.5 Å². The molecule has 0 saturated carbocycles. The predicted octanol–water partition coefficient (Wildman–Crippen LogP) is 1.16. The molecular weight excluding hydrogens is 298 g/mol. The van der Waals surface area contributed by atoms with E-state index in [9.17, 15) is 0 Å². The molecular formula is C16H26N3O2S+. The molecule has 0 fully saturated rings. The Morgan fingerprint density at radius 2 is 2.09 bits per heavy atom. The Labute approximate surface area is 138 Å². The number of ether oxygens (including phenoxy) is 2. The van der Waals surface area contributed by atoms with Crippen molar-refractivity contribution in [1.82, 2.24) is 10.7 Å². The monoisotopic (exact) mass is 324 g/mol. The van der Waals surface area contributed by atoms with Crippen LogP contribution in [-0.4, -0.2) is 32.1 Å². The molecule has 1 aromatic carbocycles. The van der Waals surface area contributed by atoms with Gasteiger partial charge in [0.1, 0.15) is 0 Å². The Kier molecular flexibility index (Phi) is 8.98. The van der Waals surface area contributed by atoms with Gasteiger partial charge >= 0.3 is 0 Å². The fourth-order valence-corrected chi connectivity index (χ4v) is 1.91. The van der Waals surface area contributed by atoms with Crippen LogP contribution in [0.3, 0.4) is 0 Å². The molecule has 3 N–H and O–H groups in total. The molecule has 0 unspecified atom stereocenters. The van der Waals surface area contributed by atoms with E-state index in [1.165, 1.54) is 19.3 Å². The highest BCUT2D eigenvalue weighted by Gasteiger charge is 2.06. The van der Waals surface area contributed by atoms with Crippen LogP contribution >= 0.6 is 12.2 Å². The Morgan fingerprint density at radius 3 is 2.77 bits per heavy atom. The minimum absolute atomic E-state index is 0.523. The highest BCUT2D eigenvalue weighted by molar-refractivity contribution is 7.80. The molecule has 6 heteroatoms. The maximum absolute atomic E-state index is 5.78. The third-order valence-electron chi connectivity index (χ3n) is 3.09. The largest absolute Gasteiger partial charge is 0.493 e. The van der Waals surface area contributed by atoms with Crippen molar-refractivity contribution in [2.75, 3.05) is 20.8 Å². The van der Waals surface area contributed by atoms with Gasteiger partial charge in [0.05, 0.1) is 13.7 Å². The standard InChI is InChI=1S/C16H25N3O2S/c1-4-5-6-7-10-21-14-9-8-13(11-15(14)20-3)12-18-19-16(22)17-2/h8-9,11-12H,4-7,10H2,1-3H3,(H2,17,19,22)/p+1. The summed E-state index contributed by atoms with van der Waals surface area (Å²) < 4.78 is 11.2. The number of hydrogen-bond donors (Lipinski definition) is 3. The van der Waals surface area contributed by atoms with Crippen molar-refractivity contribution < 1.29 is 14.6 Å². The number of benzene rings is 1. The first kappa shape index (κ1) is 18.2. The number of hydrazone groups is 1. The van der Waals surface area contributed by atoms with Crippen molar-refractivity contribution in [3.8, 4) is 11.5 Å². The molecule has 0 aliphatic rings. The first-order valence-corrected chi connectivity index (χ1v) is 7.99. The van der Waals surface area contributed by atoms with E-state index in [0.717, 1.165) is 30.1 Å². The van der Waals surface area contributed by atoms with Gasteiger partial charge in [0, 0.05) is 12.6 Å². The lowest BCUT2D eigenvalue weighted by atomic mass is 10.2. The molecule has 0 aliphatic carbocycles. The van der Waals surface area contributed by atoms with Gasteiger partial charge < -0.3 is 14.8 Å². The molecule has 0 saturated heterocycles. The Bertz CT molecular complexity index is 492. The third-order valence-corrected chi connectivity index (χ3v) is 3.40. The summed E-state index contributed by atoms with van der Waals surface area (Å²) in [5.74, 6) is 1.50. The number of hydrogen-bond acceptors (Lipinski definition) is 3. The second-order valence-electron chi connectivity index (χ2n) is 4.81. The van der Waals surface area contributed by atoms with Crippen molar-refractivity contribution in [3.63, 3.8) is 0 Å². The zero-order valence-corrected chi connectivity index (χ0v) is 14.4. The van der Waals surface area contributed by atoms with Crippen LogP contribution in [-0.2, 0) is 0 Å². The molecule has 22 heavy (non-hydrogen) atoms. The van der Waals surface area contributed by atoms with Gasteiger partial charge in [-0.25, -0.2) is 0 Å². The molecule has 1 rings (SSSR count). The summed E-state index contributed by atoms with van der Waals surface area (Å²) in [6.07, 6.45) is 6.55. The lowest BCUT2D eigenvalue weighted by Gasteiger charge is -2.10. The van der Waals surface area contributed by atoms with Crippen molar-refractivity contribution in [1.29, 1.82) is 0 Å². The highest BCUT2D eigenvalue weighted by Crippen LogP contribution is 2.27. The van der Waals surface area contributed by atoms with E-state index in [4.69, 9.17) is 21.7 Å². The van der Waals surface area contributed by atoms with Gasteiger partial charge in [0.15, 0.2) is 17.7 Å². The van der Waals surface area contributed by atoms with Crippen LogP contribution in [0, 0.1) is 0 Å². The molecule has 0 atom stereocenters. The van der Waals surface area contributed by atoms with E-state index >= 15 is 0 Å². The van der Waals surface area contributed by atoms with E-state index in [2.05, 4.69) is 22.8 Å². The lowest BCUT2D eigenvalue weighted by Crippen LogP contribution is -2.82. The molecule has 0 aliphatic heterocycles. The molecule has 0 aromatic heterocycles. The summed E-state index contributed by atoms with van der Waals surface area (Å²) in [5, 5.41) is 6.25. The van der Waals surface area contributed by atoms with Crippen LogP contribution in [0.15, 0.2) is 18.2 Å². The number of methoxy groups -OCH3 is 1. The fraction of sp³-hybridized carbons (Fsp3) is 0.500. The molecule has 0 radical (unpaired) electrons. The second kappa shape index (κ2) is 10.8. The highest BCUT2D eigenvalue weighted by atomic mass is 32.1. The van der Waals surface area contributed by atoms with Crippen LogP contribution in [0.25, 0.3) is 0 Å². The van der Waals surface area contributed by atoms with E-state index in [1.54, 1.807) is 20.4 Å². The Hall–Kier alpha value is -1.82. The molecule has 0 spiro atoms. The number of nitrogens with one attached hydrogen (secondary N) is 3. The van der Waals surface area contributed by atoms with Gasteiger partial charge in [0.25, 0.3) is 0 Å². The molecule has 5 nitrogen and oxygen atoms in total. The first-order valence-electron chi connectivity index (χ1n) is 7.58. The molecule has 0 bridgehead atoms. The van der Waals surface area contributed by atoms with Gasteiger partial charge in [-0.05, 0) is 36.8 Å². The Morgan fingerprint density at radius 1 is 1.27 bits per heavy atom. The summed E-state index contributed by atoms with van der Waals surface area (Å²) in [7, 11) is 3.40. The van der Waals surface area contributed by atoms with Crippen molar-refractivity contribution in [2.24, 2.45) is 0 Å². The zero-order chi connectivity index (χ0) is 16.2. The molecule has 1 aromatic rings. The topological polar surface area (TPSA) is 56.5 Å². The summed E-state index contributed by atoms with van der Waals surface area (Å²) in [6, 6.07) is 5.79. The fourth-order valence-electron chi connectivity index (χ4n) is 1.85. The van der Waals surface area contributed by atoms with E-state index < -0.39 is 0 Å². The average Bonchev–Trinajstić information content (AvgIpc) is 2.55. The van der Waals surface area contributed by atoms with Crippen LogP contribution in [0.2, 0.25) is 0 Å².